The van der Waals surface area contributed by atoms with Crippen LogP contribution in [0.5, 0.6) is 0 Å². The molecule has 1 aliphatic rings. The van der Waals surface area contributed by atoms with E-state index in [1.54, 1.807) is 12.1 Å². The molecule has 2 atom stereocenters. The van der Waals surface area contributed by atoms with Crippen LogP contribution in [0, 0.1) is 11.7 Å². The summed E-state index contributed by atoms with van der Waals surface area (Å²) in [5.41, 5.74) is 0.282. The molecule has 1 aromatic carbocycles. The molecule has 2 rings (SSSR count). The van der Waals surface area contributed by atoms with E-state index in [1.165, 1.54) is 18.9 Å². The van der Waals surface area contributed by atoms with E-state index in [0.29, 0.717) is 6.42 Å². The SMILES string of the molecule is CCC1CCCC(O)(Cc2cccc(F)c2)CC1. The predicted octanol–water partition coefficient (Wildman–Crippen LogP) is 4.09. The van der Waals surface area contributed by atoms with Crippen molar-refractivity contribution in [2.75, 3.05) is 0 Å². The third-order valence-corrected chi connectivity index (χ3v) is 4.27. The Morgan fingerprint density at radius 1 is 1.33 bits per heavy atom. The van der Waals surface area contributed by atoms with E-state index in [2.05, 4.69) is 6.92 Å². The molecule has 1 fully saturated rings. The van der Waals surface area contributed by atoms with Crippen molar-refractivity contribution in [3.8, 4) is 0 Å². The fraction of sp³-hybridized carbons (Fsp3) is 0.625. The molecule has 0 spiro atoms. The van der Waals surface area contributed by atoms with Crippen LogP contribution in [0.2, 0.25) is 0 Å². The number of aliphatic hydroxyl groups is 1. The highest BCUT2D eigenvalue weighted by Gasteiger charge is 2.30. The zero-order valence-electron chi connectivity index (χ0n) is 11.2. The molecule has 0 amide bonds. The number of halogens is 1. The quantitative estimate of drug-likeness (QED) is 0.801. The van der Waals surface area contributed by atoms with Crippen LogP contribution in [0.25, 0.3) is 0 Å². The van der Waals surface area contributed by atoms with Crippen molar-refractivity contribution in [2.24, 2.45) is 5.92 Å². The van der Waals surface area contributed by atoms with Crippen molar-refractivity contribution in [3.05, 3.63) is 35.6 Å². The molecule has 0 aliphatic heterocycles. The van der Waals surface area contributed by atoms with Gasteiger partial charge in [-0.15, -0.1) is 0 Å². The van der Waals surface area contributed by atoms with Crippen LogP contribution in [0.15, 0.2) is 24.3 Å². The minimum Gasteiger partial charge on any atom is -0.390 e. The van der Waals surface area contributed by atoms with E-state index in [1.807, 2.05) is 6.07 Å². The third-order valence-electron chi connectivity index (χ3n) is 4.27. The Kier molecular flexibility index (Phi) is 4.39. The topological polar surface area (TPSA) is 20.2 Å². The van der Waals surface area contributed by atoms with E-state index in [-0.39, 0.29) is 5.82 Å². The molecule has 2 unspecified atom stereocenters. The van der Waals surface area contributed by atoms with Crippen LogP contribution >= 0.6 is 0 Å². The molecule has 0 heterocycles. The van der Waals surface area contributed by atoms with E-state index < -0.39 is 5.60 Å². The summed E-state index contributed by atoms with van der Waals surface area (Å²) in [6.07, 6.45) is 6.90. The van der Waals surface area contributed by atoms with E-state index in [9.17, 15) is 9.50 Å². The molecule has 1 N–H and O–H groups in total. The standard InChI is InChI=1S/C16H23FO/c1-2-13-6-4-9-16(18,10-8-13)12-14-5-3-7-15(17)11-14/h3,5,7,11,13,18H,2,4,6,8-10,12H2,1H3. The van der Waals surface area contributed by atoms with Gasteiger partial charge < -0.3 is 5.11 Å². The summed E-state index contributed by atoms with van der Waals surface area (Å²) >= 11 is 0. The first kappa shape index (κ1) is 13.5. The highest BCUT2D eigenvalue weighted by atomic mass is 19.1. The summed E-state index contributed by atoms with van der Waals surface area (Å²) in [5.74, 6) is 0.544. The maximum atomic E-state index is 13.2. The van der Waals surface area contributed by atoms with Gasteiger partial charge in [0.1, 0.15) is 5.82 Å². The zero-order chi connectivity index (χ0) is 13.0. The van der Waals surface area contributed by atoms with Crippen LogP contribution in [-0.2, 0) is 6.42 Å². The summed E-state index contributed by atoms with van der Waals surface area (Å²) in [5, 5.41) is 10.7. The lowest BCUT2D eigenvalue weighted by Crippen LogP contribution is -2.30. The van der Waals surface area contributed by atoms with Gasteiger partial charge >= 0.3 is 0 Å². The second-order valence-corrected chi connectivity index (χ2v) is 5.74. The summed E-state index contributed by atoms with van der Waals surface area (Å²) in [4.78, 5) is 0. The van der Waals surface area contributed by atoms with Crippen LogP contribution in [0.1, 0.15) is 51.0 Å². The minimum absolute atomic E-state index is 0.212. The fourth-order valence-electron chi connectivity index (χ4n) is 3.07. The lowest BCUT2D eigenvalue weighted by Gasteiger charge is -2.27. The van der Waals surface area contributed by atoms with Gasteiger partial charge in [0.2, 0.25) is 0 Å². The Morgan fingerprint density at radius 3 is 2.89 bits per heavy atom. The largest absolute Gasteiger partial charge is 0.390 e. The summed E-state index contributed by atoms with van der Waals surface area (Å²) in [6.45, 7) is 2.22. The van der Waals surface area contributed by atoms with Gasteiger partial charge in [0.15, 0.2) is 0 Å². The first-order valence-electron chi connectivity index (χ1n) is 7.08. The predicted molar refractivity (Wildman–Crippen MR) is 71.9 cm³/mol. The molecular formula is C16H23FO. The minimum atomic E-state index is -0.627. The maximum absolute atomic E-state index is 13.2. The smallest absolute Gasteiger partial charge is 0.123 e. The molecule has 1 nitrogen and oxygen atoms in total. The van der Waals surface area contributed by atoms with Crippen LogP contribution in [-0.4, -0.2) is 10.7 Å². The van der Waals surface area contributed by atoms with Crippen molar-refractivity contribution >= 4 is 0 Å². The van der Waals surface area contributed by atoms with Crippen LogP contribution < -0.4 is 0 Å². The van der Waals surface area contributed by atoms with Crippen molar-refractivity contribution < 1.29 is 9.50 Å². The van der Waals surface area contributed by atoms with Crippen molar-refractivity contribution in [1.82, 2.24) is 0 Å². The Bertz CT molecular complexity index is 390. The van der Waals surface area contributed by atoms with E-state index in [4.69, 9.17) is 0 Å². The molecule has 0 aromatic heterocycles. The van der Waals surface area contributed by atoms with Gasteiger partial charge in [0.25, 0.3) is 0 Å². The van der Waals surface area contributed by atoms with Gasteiger partial charge in [-0.3, -0.25) is 0 Å². The van der Waals surface area contributed by atoms with E-state index in [0.717, 1.165) is 37.2 Å². The molecule has 0 radical (unpaired) electrons. The maximum Gasteiger partial charge on any atom is 0.123 e. The Balaban J connectivity index is 2.02. The van der Waals surface area contributed by atoms with Gasteiger partial charge in [0, 0.05) is 6.42 Å². The normalized spacial score (nSPS) is 28.9. The van der Waals surface area contributed by atoms with E-state index >= 15 is 0 Å². The number of benzene rings is 1. The molecule has 0 bridgehead atoms. The fourth-order valence-corrected chi connectivity index (χ4v) is 3.07. The summed E-state index contributed by atoms with van der Waals surface area (Å²) in [6, 6.07) is 6.62. The lowest BCUT2D eigenvalue weighted by atomic mass is 9.87. The van der Waals surface area contributed by atoms with Crippen molar-refractivity contribution in [2.45, 2.75) is 57.5 Å². The zero-order valence-corrected chi connectivity index (χ0v) is 11.2. The number of hydrogen-bond donors (Lipinski definition) is 1. The molecule has 2 heteroatoms. The van der Waals surface area contributed by atoms with Gasteiger partial charge in [-0.2, -0.15) is 0 Å². The van der Waals surface area contributed by atoms with Gasteiger partial charge in [-0.1, -0.05) is 38.3 Å². The first-order valence-corrected chi connectivity index (χ1v) is 7.08. The second-order valence-electron chi connectivity index (χ2n) is 5.74. The average molecular weight is 250 g/mol. The van der Waals surface area contributed by atoms with Gasteiger partial charge in [0.05, 0.1) is 5.60 Å². The highest BCUT2D eigenvalue weighted by Crippen LogP contribution is 2.34. The summed E-state index contributed by atoms with van der Waals surface area (Å²) in [7, 11) is 0. The monoisotopic (exact) mass is 250 g/mol. The van der Waals surface area contributed by atoms with Crippen LogP contribution in [0.3, 0.4) is 0 Å². The molecule has 100 valence electrons. The molecule has 1 aromatic rings. The molecule has 1 aliphatic carbocycles. The Morgan fingerprint density at radius 2 is 2.17 bits per heavy atom. The Labute approximate surface area is 109 Å². The van der Waals surface area contributed by atoms with Crippen molar-refractivity contribution in [1.29, 1.82) is 0 Å². The molecule has 0 saturated heterocycles. The molecular weight excluding hydrogens is 227 g/mol. The van der Waals surface area contributed by atoms with Crippen molar-refractivity contribution in [3.63, 3.8) is 0 Å². The van der Waals surface area contributed by atoms with Crippen LogP contribution in [0.4, 0.5) is 4.39 Å². The highest BCUT2D eigenvalue weighted by molar-refractivity contribution is 5.18. The molecule has 18 heavy (non-hydrogen) atoms. The second kappa shape index (κ2) is 5.83. The number of hydrogen-bond acceptors (Lipinski definition) is 1. The summed E-state index contributed by atoms with van der Waals surface area (Å²) < 4.78 is 13.2. The lowest BCUT2D eigenvalue weighted by molar-refractivity contribution is 0.0241. The van der Waals surface area contributed by atoms with Gasteiger partial charge in [-0.05, 0) is 42.9 Å². The Hall–Kier alpha value is -0.890. The number of rotatable bonds is 3. The first-order chi connectivity index (χ1) is 8.61. The average Bonchev–Trinajstić information content (AvgIpc) is 2.51. The van der Waals surface area contributed by atoms with Gasteiger partial charge in [-0.25, -0.2) is 4.39 Å². The third kappa shape index (κ3) is 3.55. The molecule has 1 saturated carbocycles.